The maximum atomic E-state index is 12.6. The van der Waals surface area contributed by atoms with Crippen molar-refractivity contribution in [2.75, 3.05) is 39.3 Å². The van der Waals surface area contributed by atoms with Crippen molar-refractivity contribution in [3.05, 3.63) is 29.8 Å². The van der Waals surface area contributed by atoms with Gasteiger partial charge in [0.25, 0.3) is 0 Å². The van der Waals surface area contributed by atoms with Crippen LogP contribution < -0.4 is 4.74 Å². The minimum atomic E-state index is 0.301. The number of carbonyl (C=O) groups is 1. The van der Waals surface area contributed by atoms with Crippen molar-refractivity contribution in [3.8, 4) is 5.75 Å². The SMILES string of the molecule is Cc1cccc(OCCN2CCN(C(=O)C3CCCCC3)CC2)c1. The Morgan fingerprint density at radius 3 is 2.58 bits per heavy atom. The van der Waals surface area contributed by atoms with Gasteiger partial charge in [-0.15, -0.1) is 0 Å². The van der Waals surface area contributed by atoms with Gasteiger partial charge in [0.15, 0.2) is 0 Å². The molecule has 1 aromatic rings. The first kappa shape index (κ1) is 17.3. The molecular weight excluding hydrogens is 300 g/mol. The summed E-state index contributed by atoms with van der Waals surface area (Å²) in [6.45, 7) is 7.40. The molecule has 24 heavy (non-hydrogen) atoms. The van der Waals surface area contributed by atoms with E-state index in [1.807, 2.05) is 12.1 Å². The van der Waals surface area contributed by atoms with Crippen molar-refractivity contribution >= 4 is 5.91 Å². The first-order chi connectivity index (χ1) is 11.7. The fraction of sp³-hybridized carbons (Fsp3) is 0.650. The Morgan fingerprint density at radius 1 is 1.12 bits per heavy atom. The Bertz CT molecular complexity index is 532. The van der Waals surface area contributed by atoms with Gasteiger partial charge in [-0.3, -0.25) is 9.69 Å². The zero-order valence-electron chi connectivity index (χ0n) is 14.9. The van der Waals surface area contributed by atoms with Crippen molar-refractivity contribution in [3.63, 3.8) is 0 Å². The van der Waals surface area contributed by atoms with Crippen LogP contribution in [0.5, 0.6) is 5.75 Å². The van der Waals surface area contributed by atoms with E-state index in [1.165, 1.54) is 24.8 Å². The van der Waals surface area contributed by atoms with Gasteiger partial charge in [0.05, 0.1) is 0 Å². The zero-order chi connectivity index (χ0) is 16.8. The normalized spacial score (nSPS) is 20.1. The van der Waals surface area contributed by atoms with Crippen molar-refractivity contribution in [2.45, 2.75) is 39.0 Å². The fourth-order valence-electron chi connectivity index (χ4n) is 3.80. The summed E-state index contributed by atoms with van der Waals surface area (Å²) in [6, 6.07) is 8.18. The topological polar surface area (TPSA) is 32.8 Å². The Labute approximate surface area is 145 Å². The molecule has 1 aromatic carbocycles. The van der Waals surface area contributed by atoms with Crippen LogP contribution in [0.2, 0.25) is 0 Å². The molecule has 0 radical (unpaired) electrons. The van der Waals surface area contributed by atoms with E-state index in [2.05, 4.69) is 28.9 Å². The molecule has 132 valence electrons. The second kappa shape index (κ2) is 8.52. The van der Waals surface area contributed by atoms with Crippen molar-refractivity contribution < 1.29 is 9.53 Å². The van der Waals surface area contributed by atoms with E-state index in [1.54, 1.807) is 0 Å². The molecule has 1 saturated heterocycles. The zero-order valence-corrected chi connectivity index (χ0v) is 14.9. The number of nitrogens with zero attached hydrogens (tertiary/aromatic N) is 2. The second-order valence-electron chi connectivity index (χ2n) is 7.17. The molecule has 0 bridgehead atoms. The average Bonchev–Trinajstić information content (AvgIpc) is 2.63. The molecule has 0 N–H and O–H groups in total. The molecule has 0 unspecified atom stereocenters. The van der Waals surface area contributed by atoms with Crippen LogP contribution in [0.1, 0.15) is 37.7 Å². The average molecular weight is 330 g/mol. The highest BCUT2D eigenvalue weighted by Crippen LogP contribution is 2.25. The number of amides is 1. The quantitative estimate of drug-likeness (QED) is 0.832. The number of carbonyl (C=O) groups excluding carboxylic acids is 1. The third-order valence-electron chi connectivity index (χ3n) is 5.30. The van der Waals surface area contributed by atoms with E-state index in [4.69, 9.17) is 4.74 Å². The standard InChI is InChI=1S/C20H30N2O2/c1-17-6-5-9-19(16-17)24-15-14-21-10-12-22(13-11-21)20(23)18-7-3-2-4-8-18/h5-6,9,16,18H,2-4,7-8,10-15H2,1H3. The van der Waals surface area contributed by atoms with E-state index >= 15 is 0 Å². The van der Waals surface area contributed by atoms with Crippen LogP contribution in [0.4, 0.5) is 0 Å². The van der Waals surface area contributed by atoms with Crippen molar-refractivity contribution in [1.29, 1.82) is 0 Å². The first-order valence-electron chi connectivity index (χ1n) is 9.43. The molecular formula is C20H30N2O2. The Morgan fingerprint density at radius 2 is 1.88 bits per heavy atom. The van der Waals surface area contributed by atoms with Gasteiger partial charge >= 0.3 is 0 Å². The third-order valence-corrected chi connectivity index (χ3v) is 5.30. The molecule has 1 amide bonds. The fourth-order valence-corrected chi connectivity index (χ4v) is 3.80. The Balaban J connectivity index is 1.36. The number of benzene rings is 1. The molecule has 2 fully saturated rings. The molecule has 4 heteroatoms. The van der Waals surface area contributed by atoms with Crippen LogP contribution in [0.25, 0.3) is 0 Å². The van der Waals surface area contributed by atoms with Crippen LogP contribution in [-0.2, 0) is 4.79 Å². The minimum Gasteiger partial charge on any atom is -0.492 e. The summed E-state index contributed by atoms with van der Waals surface area (Å²) in [5.41, 5.74) is 1.22. The van der Waals surface area contributed by atoms with E-state index in [-0.39, 0.29) is 0 Å². The summed E-state index contributed by atoms with van der Waals surface area (Å²) >= 11 is 0. The second-order valence-corrected chi connectivity index (χ2v) is 7.17. The van der Waals surface area contributed by atoms with Crippen LogP contribution in [-0.4, -0.2) is 55.0 Å². The number of hydrogen-bond acceptors (Lipinski definition) is 3. The molecule has 0 aromatic heterocycles. The summed E-state index contributed by atoms with van der Waals surface area (Å²) < 4.78 is 5.84. The maximum absolute atomic E-state index is 12.6. The van der Waals surface area contributed by atoms with Crippen molar-refractivity contribution in [1.82, 2.24) is 9.80 Å². The van der Waals surface area contributed by atoms with E-state index in [0.717, 1.165) is 51.3 Å². The monoisotopic (exact) mass is 330 g/mol. The summed E-state index contributed by atoms with van der Waals surface area (Å²) in [7, 11) is 0. The molecule has 1 aliphatic heterocycles. The predicted molar refractivity (Wildman–Crippen MR) is 96.3 cm³/mol. The number of piperazine rings is 1. The van der Waals surface area contributed by atoms with Gasteiger partial charge in [0, 0.05) is 38.6 Å². The third kappa shape index (κ3) is 4.73. The lowest BCUT2D eigenvalue weighted by atomic mass is 9.88. The van der Waals surface area contributed by atoms with Crippen LogP contribution in [0.15, 0.2) is 24.3 Å². The summed E-state index contributed by atoms with van der Waals surface area (Å²) in [4.78, 5) is 17.1. The lowest BCUT2D eigenvalue weighted by Crippen LogP contribution is -2.51. The highest BCUT2D eigenvalue weighted by atomic mass is 16.5. The van der Waals surface area contributed by atoms with Gasteiger partial charge in [-0.05, 0) is 37.5 Å². The lowest BCUT2D eigenvalue weighted by Gasteiger charge is -2.37. The summed E-state index contributed by atoms with van der Waals surface area (Å²) in [6.07, 6.45) is 5.96. The van der Waals surface area contributed by atoms with Gasteiger partial charge in [-0.25, -0.2) is 0 Å². The van der Waals surface area contributed by atoms with Crippen molar-refractivity contribution in [2.24, 2.45) is 5.92 Å². The molecule has 3 rings (SSSR count). The van der Waals surface area contributed by atoms with E-state index in [0.29, 0.717) is 18.4 Å². The summed E-state index contributed by atoms with van der Waals surface area (Å²) in [5, 5.41) is 0. The van der Waals surface area contributed by atoms with E-state index in [9.17, 15) is 4.79 Å². The van der Waals surface area contributed by atoms with E-state index < -0.39 is 0 Å². The first-order valence-corrected chi connectivity index (χ1v) is 9.43. The molecule has 1 heterocycles. The largest absolute Gasteiger partial charge is 0.492 e. The predicted octanol–water partition coefficient (Wildman–Crippen LogP) is 3.10. The van der Waals surface area contributed by atoms with Crippen LogP contribution >= 0.6 is 0 Å². The van der Waals surface area contributed by atoms with Gasteiger partial charge < -0.3 is 9.64 Å². The molecule has 1 saturated carbocycles. The number of hydrogen-bond donors (Lipinski definition) is 0. The highest BCUT2D eigenvalue weighted by Gasteiger charge is 2.28. The van der Waals surface area contributed by atoms with Gasteiger partial charge in [-0.1, -0.05) is 31.4 Å². The van der Waals surface area contributed by atoms with Crippen LogP contribution in [0.3, 0.4) is 0 Å². The summed E-state index contributed by atoms with van der Waals surface area (Å²) in [5.74, 6) is 1.65. The Hall–Kier alpha value is -1.55. The molecule has 1 aliphatic carbocycles. The molecule has 2 aliphatic rings. The Kier molecular flexibility index (Phi) is 6.13. The van der Waals surface area contributed by atoms with Gasteiger partial charge in [0.2, 0.25) is 5.91 Å². The number of rotatable bonds is 5. The number of ether oxygens (including phenoxy) is 1. The van der Waals surface area contributed by atoms with Gasteiger partial charge in [0.1, 0.15) is 12.4 Å². The van der Waals surface area contributed by atoms with Crippen LogP contribution in [0, 0.1) is 12.8 Å². The molecule has 0 spiro atoms. The highest BCUT2D eigenvalue weighted by molar-refractivity contribution is 5.79. The maximum Gasteiger partial charge on any atom is 0.225 e. The number of aryl methyl sites for hydroxylation is 1. The smallest absolute Gasteiger partial charge is 0.225 e. The minimum absolute atomic E-state index is 0.301. The molecule has 4 nitrogen and oxygen atoms in total. The molecule has 0 atom stereocenters. The van der Waals surface area contributed by atoms with Gasteiger partial charge in [-0.2, -0.15) is 0 Å². The lowest BCUT2D eigenvalue weighted by molar-refractivity contribution is -0.138.